The van der Waals surface area contributed by atoms with Crippen LogP contribution in [0, 0.1) is 6.92 Å². The van der Waals surface area contributed by atoms with E-state index < -0.39 is 17.5 Å². The molecule has 3 aromatic heterocycles. The maximum Gasteiger partial charge on any atom is 0.433 e. The highest BCUT2D eigenvalue weighted by molar-refractivity contribution is 7.15. The predicted octanol–water partition coefficient (Wildman–Crippen LogP) is 4.81. The number of nitrogens with one attached hydrogen (secondary N) is 2. The molecule has 0 saturated heterocycles. The Bertz CT molecular complexity index is 1450. The second-order valence-electron chi connectivity index (χ2n) is 9.61. The van der Waals surface area contributed by atoms with Gasteiger partial charge in [0.2, 0.25) is 11.9 Å². The van der Waals surface area contributed by atoms with E-state index in [0.29, 0.717) is 36.4 Å². The number of aromatic nitrogens is 5. The van der Waals surface area contributed by atoms with E-state index in [0.717, 1.165) is 28.3 Å². The monoisotopic (exact) mass is 557 g/mol. The molecule has 3 heterocycles. The quantitative estimate of drug-likeness (QED) is 0.298. The van der Waals surface area contributed by atoms with Gasteiger partial charge in [-0.3, -0.25) is 4.79 Å². The average molecular weight is 558 g/mol. The van der Waals surface area contributed by atoms with E-state index >= 15 is 0 Å². The van der Waals surface area contributed by atoms with Crippen molar-refractivity contribution in [2.75, 3.05) is 5.32 Å². The van der Waals surface area contributed by atoms with E-state index in [1.165, 1.54) is 11.3 Å². The lowest BCUT2D eigenvalue weighted by Gasteiger charge is -2.34. The Balaban J connectivity index is 1.25. The topological polar surface area (TPSA) is 118 Å². The first-order chi connectivity index (χ1) is 18.6. The maximum atomic E-state index is 13.0. The van der Waals surface area contributed by atoms with Gasteiger partial charge in [-0.2, -0.15) is 13.2 Å². The molecule has 0 unspecified atom stereocenters. The molecule has 9 nitrogen and oxygen atoms in total. The second-order valence-corrected chi connectivity index (χ2v) is 10.6. The van der Waals surface area contributed by atoms with Crippen LogP contribution in [0.5, 0.6) is 0 Å². The van der Waals surface area contributed by atoms with Gasteiger partial charge in [0, 0.05) is 36.5 Å². The van der Waals surface area contributed by atoms with Crippen LogP contribution in [-0.4, -0.2) is 41.6 Å². The van der Waals surface area contributed by atoms with Crippen LogP contribution in [-0.2, 0) is 23.1 Å². The molecule has 0 bridgehead atoms. The van der Waals surface area contributed by atoms with E-state index in [-0.39, 0.29) is 24.4 Å². The molecular formula is C26H26F3N7O2S. The molecule has 0 radical (unpaired) electrons. The number of thiazole rings is 1. The van der Waals surface area contributed by atoms with Gasteiger partial charge in [0.25, 0.3) is 0 Å². The number of nitrogens with zero attached hydrogens (tertiary/aromatic N) is 5. The molecule has 1 aromatic carbocycles. The smallest absolute Gasteiger partial charge is 0.383 e. The standard InChI is InChI=1S/C26H26F3N7O2S/c1-16-10-17(12-19(11-16)34-24-31-7-4-21(35-24)26(27,28)29)20-13-32-23(39-20)25(38)5-2-18(3-6-25)33-22(37)14-36-9-8-30-15-36/h4,7-13,15,18,38H,2-3,5-6,14H2,1H3,(H,33,37)(H,31,34,35)/t18-,25+. The molecule has 1 fully saturated rings. The summed E-state index contributed by atoms with van der Waals surface area (Å²) in [6, 6.07) is 6.30. The lowest BCUT2D eigenvalue weighted by molar-refractivity contribution is -0.141. The van der Waals surface area contributed by atoms with E-state index in [9.17, 15) is 23.1 Å². The van der Waals surface area contributed by atoms with Crippen molar-refractivity contribution in [1.82, 2.24) is 29.8 Å². The van der Waals surface area contributed by atoms with Gasteiger partial charge in [0.1, 0.15) is 22.8 Å². The summed E-state index contributed by atoms with van der Waals surface area (Å²) in [5.74, 6) is -0.256. The summed E-state index contributed by atoms with van der Waals surface area (Å²) in [6.45, 7) is 2.07. The van der Waals surface area contributed by atoms with Crippen molar-refractivity contribution in [2.45, 2.75) is 57.0 Å². The van der Waals surface area contributed by atoms with Crippen LogP contribution < -0.4 is 10.6 Å². The maximum absolute atomic E-state index is 13.0. The van der Waals surface area contributed by atoms with Crippen molar-refractivity contribution < 1.29 is 23.1 Å². The first kappa shape index (κ1) is 26.8. The highest BCUT2D eigenvalue weighted by Gasteiger charge is 2.38. The number of hydrogen-bond donors (Lipinski definition) is 3. The molecule has 204 valence electrons. The molecule has 3 N–H and O–H groups in total. The molecular weight excluding hydrogens is 531 g/mol. The Morgan fingerprint density at radius 3 is 2.72 bits per heavy atom. The van der Waals surface area contributed by atoms with E-state index in [1.54, 1.807) is 41.6 Å². The summed E-state index contributed by atoms with van der Waals surface area (Å²) < 4.78 is 40.8. The van der Waals surface area contributed by atoms with Crippen LogP contribution >= 0.6 is 11.3 Å². The number of carbonyl (C=O) groups is 1. The van der Waals surface area contributed by atoms with Crippen LogP contribution in [0.1, 0.15) is 41.9 Å². The van der Waals surface area contributed by atoms with Gasteiger partial charge < -0.3 is 20.3 Å². The van der Waals surface area contributed by atoms with Crippen molar-refractivity contribution in [3.63, 3.8) is 0 Å². The summed E-state index contributed by atoms with van der Waals surface area (Å²) in [4.78, 5) is 29.0. The van der Waals surface area contributed by atoms with Crippen molar-refractivity contribution >= 4 is 28.9 Å². The zero-order chi connectivity index (χ0) is 27.6. The largest absolute Gasteiger partial charge is 0.433 e. The Morgan fingerprint density at radius 2 is 2.00 bits per heavy atom. The second kappa shape index (κ2) is 10.7. The van der Waals surface area contributed by atoms with Gasteiger partial charge in [-0.15, -0.1) is 11.3 Å². The summed E-state index contributed by atoms with van der Waals surface area (Å²) in [6.07, 6.45) is 5.29. The van der Waals surface area contributed by atoms with E-state index in [4.69, 9.17) is 0 Å². The molecule has 39 heavy (non-hydrogen) atoms. The number of rotatable bonds is 7. The van der Waals surface area contributed by atoms with E-state index in [2.05, 4.69) is 30.6 Å². The Labute approximate surface area is 226 Å². The van der Waals surface area contributed by atoms with E-state index in [1.807, 2.05) is 13.0 Å². The zero-order valence-corrected chi connectivity index (χ0v) is 21.8. The highest BCUT2D eigenvalue weighted by Crippen LogP contribution is 2.41. The molecule has 0 atom stereocenters. The summed E-state index contributed by atoms with van der Waals surface area (Å²) in [5, 5.41) is 17.8. The summed E-state index contributed by atoms with van der Waals surface area (Å²) in [5.41, 5.74) is 0.0936. The molecule has 0 aliphatic heterocycles. The molecule has 13 heteroatoms. The lowest BCUT2D eigenvalue weighted by atomic mass is 9.82. The fourth-order valence-corrected chi connectivity index (χ4v) is 5.65. The minimum atomic E-state index is -4.57. The Kier molecular flexibility index (Phi) is 7.36. The number of halogens is 3. The number of anilines is 2. The van der Waals surface area contributed by atoms with Gasteiger partial charge in [-0.05, 0) is 61.9 Å². The average Bonchev–Trinajstić information content (AvgIpc) is 3.58. The first-order valence-corrected chi connectivity index (χ1v) is 13.1. The number of aryl methyl sites for hydroxylation is 1. The highest BCUT2D eigenvalue weighted by atomic mass is 32.1. The zero-order valence-electron chi connectivity index (χ0n) is 20.9. The van der Waals surface area contributed by atoms with Gasteiger partial charge in [-0.25, -0.2) is 19.9 Å². The van der Waals surface area contributed by atoms with Crippen LogP contribution in [0.25, 0.3) is 10.4 Å². The lowest BCUT2D eigenvalue weighted by Crippen LogP contribution is -2.43. The molecule has 1 amide bonds. The fraction of sp³-hybridized carbons (Fsp3) is 0.346. The van der Waals surface area contributed by atoms with Gasteiger partial charge in [-0.1, -0.05) is 6.07 Å². The molecule has 1 saturated carbocycles. The number of benzene rings is 1. The Morgan fingerprint density at radius 1 is 1.21 bits per heavy atom. The van der Waals surface area contributed by atoms with Gasteiger partial charge in [0.05, 0.1) is 11.2 Å². The third-order valence-electron chi connectivity index (χ3n) is 6.53. The molecule has 5 rings (SSSR count). The molecule has 0 spiro atoms. The van der Waals surface area contributed by atoms with Crippen LogP contribution in [0.15, 0.2) is 55.4 Å². The van der Waals surface area contributed by atoms with Crippen molar-refractivity contribution in [3.8, 4) is 10.4 Å². The summed E-state index contributed by atoms with van der Waals surface area (Å²) >= 11 is 1.37. The number of aliphatic hydroxyl groups is 1. The van der Waals surface area contributed by atoms with Crippen LogP contribution in [0.4, 0.5) is 24.8 Å². The minimum absolute atomic E-state index is 0.0239. The molecule has 1 aliphatic rings. The minimum Gasteiger partial charge on any atom is -0.383 e. The van der Waals surface area contributed by atoms with Crippen molar-refractivity contribution in [2.24, 2.45) is 0 Å². The molecule has 4 aromatic rings. The number of amides is 1. The molecule has 1 aliphatic carbocycles. The van der Waals surface area contributed by atoms with Crippen molar-refractivity contribution in [1.29, 1.82) is 0 Å². The number of carbonyl (C=O) groups excluding carboxylic acids is 1. The SMILES string of the molecule is Cc1cc(Nc2nccc(C(F)(F)F)n2)cc(-c2cnc([C@]3(O)CC[C@@H](NC(=O)Cn4ccnc4)CC3)s2)c1. The van der Waals surface area contributed by atoms with Crippen molar-refractivity contribution in [3.05, 3.63) is 71.6 Å². The number of imidazole rings is 1. The van der Waals surface area contributed by atoms with Gasteiger partial charge in [0.15, 0.2) is 0 Å². The third-order valence-corrected chi connectivity index (χ3v) is 7.77. The Hall–Kier alpha value is -3.84. The van der Waals surface area contributed by atoms with Gasteiger partial charge >= 0.3 is 6.18 Å². The number of alkyl halides is 3. The van der Waals surface area contributed by atoms with Crippen LogP contribution in [0.3, 0.4) is 0 Å². The number of hydrogen-bond acceptors (Lipinski definition) is 8. The summed E-state index contributed by atoms with van der Waals surface area (Å²) in [7, 11) is 0. The predicted molar refractivity (Wildman–Crippen MR) is 139 cm³/mol. The van der Waals surface area contributed by atoms with Crippen LogP contribution in [0.2, 0.25) is 0 Å². The third kappa shape index (κ3) is 6.42. The fourth-order valence-electron chi connectivity index (χ4n) is 4.60. The normalized spacial score (nSPS) is 19.6. The first-order valence-electron chi connectivity index (χ1n) is 12.3.